The Kier molecular flexibility index (Phi) is 6.61. The summed E-state index contributed by atoms with van der Waals surface area (Å²) in [6, 6.07) is 7.29. The Morgan fingerprint density at radius 1 is 1.21 bits per heavy atom. The van der Waals surface area contributed by atoms with Gasteiger partial charge in [0.1, 0.15) is 5.75 Å². The molecular weight excluding hydrogens is 324 g/mol. The maximum atomic E-state index is 12.6. The molecule has 1 aliphatic rings. The molecule has 1 atom stereocenters. The second-order valence-electron chi connectivity index (χ2n) is 5.37. The summed E-state index contributed by atoms with van der Waals surface area (Å²) >= 11 is 5.34. The average Bonchev–Trinajstić information content (AvgIpc) is 2.55. The van der Waals surface area contributed by atoms with E-state index in [0.717, 1.165) is 29.9 Å². The number of para-hydroxylation sites is 1. The molecule has 0 bridgehead atoms. The lowest BCUT2D eigenvalue weighted by Gasteiger charge is -2.31. The van der Waals surface area contributed by atoms with Crippen molar-refractivity contribution in [3.8, 4) is 5.75 Å². The van der Waals surface area contributed by atoms with Crippen LogP contribution in [-0.4, -0.2) is 24.3 Å². The van der Waals surface area contributed by atoms with Crippen LogP contribution in [0.5, 0.6) is 5.75 Å². The van der Waals surface area contributed by atoms with Gasteiger partial charge in [-0.3, -0.25) is 0 Å². The molecule has 130 valence electrons. The van der Waals surface area contributed by atoms with Gasteiger partial charge in [-0.05, 0) is 38.6 Å². The molecule has 1 aromatic rings. The molecule has 0 fully saturated rings. The fraction of sp³-hybridized carbons (Fsp3) is 0.444. The van der Waals surface area contributed by atoms with Gasteiger partial charge in [-0.1, -0.05) is 31.5 Å². The molecule has 1 heterocycles. The number of ether oxygens (including phenoxy) is 2. The SMILES string of the molecule is CCCC1=C(C(=O)OCC)[C@H](c2ccccc2OCC)NC(=S)N1. The van der Waals surface area contributed by atoms with E-state index in [9.17, 15) is 4.79 Å². The van der Waals surface area contributed by atoms with Crippen LogP contribution in [0, 0.1) is 0 Å². The van der Waals surface area contributed by atoms with Crippen LogP contribution in [0.3, 0.4) is 0 Å². The first-order chi connectivity index (χ1) is 11.6. The summed E-state index contributed by atoms with van der Waals surface area (Å²) in [6.07, 6.45) is 1.62. The van der Waals surface area contributed by atoms with Gasteiger partial charge in [0.2, 0.25) is 0 Å². The van der Waals surface area contributed by atoms with Crippen LogP contribution in [0.15, 0.2) is 35.5 Å². The van der Waals surface area contributed by atoms with Gasteiger partial charge in [0.05, 0.1) is 24.8 Å². The van der Waals surface area contributed by atoms with Crippen LogP contribution >= 0.6 is 12.2 Å². The molecule has 0 unspecified atom stereocenters. The summed E-state index contributed by atoms with van der Waals surface area (Å²) in [6.45, 7) is 6.67. The molecular formula is C18H24N2O3S. The van der Waals surface area contributed by atoms with Crippen molar-refractivity contribution in [1.29, 1.82) is 0 Å². The molecule has 5 nitrogen and oxygen atoms in total. The molecule has 0 aromatic heterocycles. The van der Waals surface area contributed by atoms with Gasteiger partial charge in [0.25, 0.3) is 0 Å². The minimum Gasteiger partial charge on any atom is -0.494 e. The summed E-state index contributed by atoms with van der Waals surface area (Å²) in [5, 5.41) is 6.81. The van der Waals surface area contributed by atoms with E-state index in [1.54, 1.807) is 6.92 Å². The van der Waals surface area contributed by atoms with Crippen molar-refractivity contribution in [1.82, 2.24) is 10.6 Å². The number of nitrogens with one attached hydrogen (secondary N) is 2. The van der Waals surface area contributed by atoms with Crippen LogP contribution < -0.4 is 15.4 Å². The molecule has 24 heavy (non-hydrogen) atoms. The first-order valence-electron chi connectivity index (χ1n) is 8.31. The summed E-state index contributed by atoms with van der Waals surface area (Å²) in [4.78, 5) is 12.6. The van der Waals surface area contributed by atoms with Crippen molar-refractivity contribution in [3.63, 3.8) is 0 Å². The zero-order valence-electron chi connectivity index (χ0n) is 14.3. The van der Waals surface area contributed by atoms with E-state index < -0.39 is 0 Å². The third-order valence-electron chi connectivity index (χ3n) is 3.68. The van der Waals surface area contributed by atoms with E-state index in [4.69, 9.17) is 21.7 Å². The van der Waals surface area contributed by atoms with Crippen LogP contribution in [0.4, 0.5) is 0 Å². The van der Waals surface area contributed by atoms with Crippen LogP contribution in [0.1, 0.15) is 45.2 Å². The van der Waals surface area contributed by atoms with Crippen LogP contribution in [-0.2, 0) is 9.53 Å². The molecule has 0 amide bonds. The van der Waals surface area contributed by atoms with E-state index >= 15 is 0 Å². The van der Waals surface area contributed by atoms with E-state index in [1.165, 1.54) is 0 Å². The Hall–Kier alpha value is -2.08. The highest BCUT2D eigenvalue weighted by atomic mass is 32.1. The van der Waals surface area contributed by atoms with Crippen LogP contribution in [0.2, 0.25) is 0 Å². The maximum absolute atomic E-state index is 12.6. The van der Waals surface area contributed by atoms with Gasteiger partial charge >= 0.3 is 5.97 Å². The number of carbonyl (C=O) groups is 1. The first-order valence-corrected chi connectivity index (χ1v) is 8.72. The second-order valence-corrected chi connectivity index (χ2v) is 5.77. The molecule has 1 aromatic carbocycles. The van der Waals surface area contributed by atoms with Crippen molar-refractivity contribution in [3.05, 3.63) is 41.1 Å². The minimum absolute atomic E-state index is 0.325. The highest BCUT2D eigenvalue weighted by molar-refractivity contribution is 7.80. The number of rotatable bonds is 7. The average molecular weight is 348 g/mol. The highest BCUT2D eigenvalue weighted by Crippen LogP contribution is 2.34. The van der Waals surface area contributed by atoms with Gasteiger partial charge in [0, 0.05) is 11.3 Å². The number of hydrogen-bond acceptors (Lipinski definition) is 4. The Labute approximate surface area is 148 Å². The second kappa shape index (κ2) is 8.68. The largest absolute Gasteiger partial charge is 0.494 e. The number of esters is 1. The lowest BCUT2D eigenvalue weighted by atomic mass is 9.93. The molecule has 0 aliphatic carbocycles. The molecule has 2 N–H and O–H groups in total. The van der Waals surface area contributed by atoms with E-state index in [0.29, 0.717) is 23.9 Å². The monoisotopic (exact) mass is 348 g/mol. The standard InChI is InChI=1S/C18H24N2O3S/c1-4-9-13-15(17(21)23-6-3)16(20-18(24)19-13)12-10-7-8-11-14(12)22-5-2/h7-8,10-11,16H,4-6,9H2,1-3H3,(H2,19,20,24)/t16-/m0/s1. The fourth-order valence-corrected chi connectivity index (χ4v) is 3.00. The molecule has 0 saturated heterocycles. The first kappa shape index (κ1) is 18.3. The molecule has 1 aliphatic heterocycles. The normalized spacial score (nSPS) is 17.1. The van der Waals surface area contributed by atoms with Gasteiger partial charge in [-0.25, -0.2) is 4.79 Å². The molecule has 0 saturated carbocycles. The Bertz CT molecular complexity index is 643. The van der Waals surface area contributed by atoms with Crippen LogP contribution in [0.25, 0.3) is 0 Å². The molecule has 6 heteroatoms. The van der Waals surface area contributed by atoms with E-state index in [1.807, 2.05) is 31.2 Å². The van der Waals surface area contributed by atoms with Crippen molar-refractivity contribution < 1.29 is 14.3 Å². The molecule has 0 spiro atoms. The summed E-state index contributed by atoms with van der Waals surface area (Å²) < 4.78 is 11.0. The highest BCUT2D eigenvalue weighted by Gasteiger charge is 2.33. The third-order valence-corrected chi connectivity index (χ3v) is 3.90. The lowest BCUT2D eigenvalue weighted by molar-refractivity contribution is -0.139. The van der Waals surface area contributed by atoms with Crippen molar-refractivity contribution in [2.24, 2.45) is 0 Å². The maximum Gasteiger partial charge on any atom is 0.338 e. The fourth-order valence-electron chi connectivity index (χ4n) is 2.75. The smallest absolute Gasteiger partial charge is 0.338 e. The van der Waals surface area contributed by atoms with E-state index in [-0.39, 0.29) is 12.0 Å². The predicted molar refractivity (Wildman–Crippen MR) is 97.8 cm³/mol. The van der Waals surface area contributed by atoms with Gasteiger partial charge in [0.15, 0.2) is 5.11 Å². The number of carbonyl (C=O) groups excluding carboxylic acids is 1. The van der Waals surface area contributed by atoms with Gasteiger partial charge in [-0.15, -0.1) is 0 Å². The zero-order valence-corrected chi connectivity index (χ0v) is 15.2. The minimum atomic E-state index is -0.387. The van der Waals surface area contributed by atoms with E-state index in [2.05, 4.69) is 17.6 Å². The molecule has 2 rings (SSSR count). The number of hydrogen-bond donors (Lipinski definition) is 2. The van der Waals surface area contributed by atoms with Crippen molar-refractivity contribution >= 4 is 23.3 Å². The predicted octanol–water partition coefficient (Wildman–Crippen LogP) is 3.22. The Morgan fingerprint density at radius 2 is 1.96 bits per heavy atom. The summed E-state index contributed by atoms with van der Waals surface area (Å²) in [5.74, 6) is 0.402. The number of benzene rings is 1. The third kappa shape index (κ3) is 4.06. The topological polar surface area (TPSA) is 59.6 Å². The Balaban J connectivity index is 2.53. The van der Waals surface area contributed by atoms with Crippen molar-refractivity contribution in [2.75, 3.05) is 13.2 Å². The molecule has 0 radical (unpaired) electrons. The summed E-state index contributed by atoms with van der Waals surface area (Å²) in [7, 11) is 0. The quantitative estimate of drug-likeness (QED) is 0.583. The lowest BCUT2D eigenvalue weighted by Crippen LogP contribution is -2.45. The van der Waals surface area contributed by atoms with Gasteiger partial charge < -0.3 is 20.1 Å². The number of thiocarbonyl (C=S) groups is 1. The zero-order chi connectivity index (χ0) is 17.5. The summed E-state index contributed by atoms with van der Waals surface area (Å²) in [5.41, 5.74) is 2.26. The number of allylic oxidation sites excluding steroid dienone is 1. The Morgan fingerprint density at radius 3 is 2.62 bits per heavy atom. The van der Waals surface area contributed by atoms with Crippen molar-refractivity contribution in [2.45, 2.75) is 39.7 Å². The van der Waals surface area contributed by atoms with Gasteiger partial charge in [-0.2, -0.15) is 0 Å².